The Morgan fingerprint density at radius 3 is 2.40 bits per heavy atom. The van der Waals surface area contributed by atoms with Crippen LogP contribution in [0.15, 0.2) is 46.5 Å². The molecule has 2 heterocycles. The highest BCUT2D eigenvalue weighted by Gasteiger charge is 2.44. The van der Waals surface area contributed by atoms with Gasteiger partial charge in [0, 0.05) is 38.3 Å². The highest BCUT2D eigenvalue weighted by atomic mass is 32.2. The Kier molecular flexibility index (Phi) is 7.77. The summed E-state index contributed by atoms with van der Waals surface area (Å²) >= 11 is 0. The predicted molar refractivity (Wildman–Crippen MR) is 151 cm³/mol. The normalized spacial score (nSPS) is 21.5. The van der Waals surface area contributed by atoms with Crippen LogP contribution in [0, 0.1) is 5.41 Å². The van der Waals surface area contributed by atoms with Gasteiger partial charge in [-0.05, 0) is 67.9 Å². The molecule has 1 spiro atoms. The van der Waals surface area contributed by atoms with Crippen molar-refractivity contribution in [2.45, 2.75) is 38.5 Å². The smallest absolute Gasteiger partial charge is 0.322 e. The Balaban J connectivity index is 1.35. The van der Waals surface area contributed by atoms with E-state index in [1.165, 1.54) is 23.2 Å². The maximum atomic E-state index is 13.5. The molecule has 0 unspecified atom stereocenters. The van der Waals surface area contributed by atoms with E-state index in [0.717, 1.165) is 39.5 Å². The van der Waals surface area contributed by atoms with Gasteiger partial charge in [0.1, 0.15) is 0 Å². The molecule has 1 amide bonds. The van der Waals surface area contributed by atoms with Crippen molar-refractivity contribution in [2.24, 2.45) is 9.81 Å². The fourth-order valence-electron chi connectivity index (χ4n) is 5.05. The first kappa shape index (κ1) is 28.3. The SMILES string of the molecule is COC(=O)CS(=O)(=O)Nc1ccc(C(=O)NC2=CC=CC(=NS(=O)(=O)N3CCC3)C2)c(N2CCC3(CC2)CC3)c1. The van der Waals surface area contributed by atoms with Crippen molar-refractivity contribution in [3.8, 4) is 0 Å². The van der Waals surface area contributed by atoms with Crippen molar-refractivity contribution in [2.75, 3.05) is 48.7 Å². The van der Waals surface area contributed by atoms with E-state index < -0.39 is 37.9 Å². The summed E-state index contributed by atoms with van der Waals surface area (Å²) in [7, 11) is -6.64. The van der Waals surface area contributed by atoms with Gasteiger partial charge in [0.2, 0.25) is 10.0 Å². The molecule has 2 N–H and O–H groups in total. The first-order chi connectivity index (χ1) is 19.0. The van der Waals surface area contributed by atoms with Crippen LogP contribution in [-0.4, -0.2) is 77.8 Å². The molecule has 1 aromatic carbocycles. The maximum absolute atomic E-state index is 13.5. The number of benzene rings is 1. The number of esters is 1. The van der Waals surface area contributed by atoms with Crippen LogP contribution >= 0.6 is 0 Å². The number of rotatable bonds is 9. The number of carbonyl (C=O) groups is 2. The van der Waals surface area contributed by atoms with Gasteiger partial charge < -0.3 is 15.0 Å². The molecule has 3 fully saturated rings. The number of anilines is 2. The number of ether oxygens (including phenoxy) is 1. The molecule has 2 aliphatic heterocycles. The number of nitrogens with one attached hydrogen (secondary N) is 2. The molecule has 0 atom stereocenters. The third kappa shape index (κ3) is 6.56. The number of sulfonamides is 1. The monoisotopic (exact) mass is 591 g/mol. The minimum absolute atomic E-state index is 0.141. The molecule has 0 radical (unpaired) electrons. The third-order valence-corrected chi connectivity index (χ3v) is 10.4. The van der Waals surface area contributed by atoms with Gasteiger partial charge >= 0.3 is 16.2 Å². The summed E-state index contributed by atoms with van der Waals surface area (Å²) in [5.74, 6) is -2.12. The minimum atomic E-state index is -4.01. The zero-order valence-corrected chi connectivity index (χ0v) is 23.9. The Labute approximate surface area is 234 Å². The number of piperidine rings is 1. The van der Waals surface area contributed by atoms with E-state index in [1.807, 2.05) is 0 Å². The minimum Gasteiger partial charge on any atom is -0.468 e. The molecule has 2 saturated heterocycles. The van der Waals surface area contributed by atoms with E-state index in [2.05, 4.69) is 24.1 Å². The largest absolute Gasteiger partial charge is 0.468 e. The highest BCUT2D eigenvalue weighted by molar-refractivity contribution is 7.93. The van der Waals surface area contributed by atoms with E-state index in [1.54, 1.807) is 30.4 Å². The number of allylic oxidation sites excluding steroid dienone is 4. The molecule has 0 bridgehead atoms. The summed E-state index contributed by atoms with van der Waals surface area (Å²) in [4.78, 5) is 27.1. The average Bonchev–Trinajstić information content (AvgIpc) is 3.60. The lowest BCUT2D eigenvalue weighted by Crippen LogP contribution is -2.41. The molecular weight excluding hydrogens is 558 g/mol. The van der Waals surface area contributed by atoms with Gasteiger partial charge in [0.05, 0.1) is 29.8 Å². The number of hydrogen-bond acceptors (Lipinski definition) is 8. The van der Waals surface area contributed by atoms with E-state index >= 15 is 0 Å². The molecule has 216 valence electrons. The van der Waals surface area contributed by atoms with Gasteiger partial charge in [-0.2, -0.15) is 17.1 Å². The Morgan fingerprint density at radius 2 is 1.77 bits per heavy atom. The molecule has 2 aliphatic carbocycles. The standard InChI is InChI=1S/C26H33N5O7S2/c1-38-24(32)18-39(34,35)28-21-6-7-22(23(17-21)30-14-10-26(8-9-26)11-15-30)25(33)27-19-4-2-5-20(16-19)29-40(36,37)31-12-3-13-31/h2,4-7,17,28H,3,8-16,18H2,1H3,(H,27,33). The number of methoxy groups -OCH3 is 1. The summed E-state index contributed by atoms with van der Waals surface area (Å²) in [6.07, 6.45) is 10.3. The Morgan fingerprint density at radius 1 is 1.05 bits per heavy atom. The van der Waals surface area contributed by atoms with Crippen molar-refractivity contribution in [1.82, 2.24) is 9.62 Å². The highest BCUT2D eigenvalue weighted by Crippen LogP contribution is 2.54. The molecule has 1 aromatic rings. The number of carbonyl (C=O) groups excluding carboxylic acids is 2. The molecular formula is C26H33N5O7S2. The van der Waals surface area contributed by atoms with Gasteiger partial charge in [0.15, 0.2) is 5.75 Å². The van der Waals surface area contributed by atoms with Crippen LogP contribution in [0.4, 0.5) is 11.4 Å². The predicted octanol–water partition coefficient (Wildman–Crippen LogP) is 1.95. The second kappa shape index (κ2) is 11.0. The number of nitrogens with zero attached hydrogens (tertiary/aromatic N) is 3. The summed E-state index contributed by atoms with van der Waals surface area (Å²) in [6.45, 7) is 2.37. The van der Waals surface area contributed by atoms with Gasteiger partial charge in [-0.3, -0.25) is 14.3 Å². The van der Waals surface area contributed by atoms with Crippen LogP contribution in [-0.2, 0) is 29.8 Å². The van der Waals surface area contributed by atoms with Crippen molar-refractivity contribution >= 4 is 49.2 Å². The molecule has 0 aromatic heterocycles. The number of hydrogen-bond donors (Lipinski definition) is 2. The molecule has 14 heteroatoms. The van der Waals surface area contributed by atoms with Gasteiger partial charge in [-0.1, -0.05) is 6.08 Å². The topological polar surface area (TPSA) is 155 Å². The van der Waals surface area contributed by atoms with Gasteiger partial charge in [0.25, 0.3) is 5.91 Å². The van der Waals surface area contributed by atoms with Crippen LogP contribution < -0.4 is 14.9 Å². The Bertz CT molecular complexity index is 1500. The van der Waals surface area contributed by atoms with Gasteiger partial charge in [-0.25, -0.2) is 8.42 Å². The molecule has 5 rings (SSSR count). The second-order valence-electron chi connectivity index (χ2n) is 10.7. The summed E-state index contributed by atoms with van der Waals surface area (Å²) in [5, 5.41) is 2.87. The quantitative estimate of drug-likeness (QED) is 0.413. The third-order valence-electron chi connectivity index (χ3n) is 7.78. The second-order valence-corrected chi connectivity index (χ2v) is 14.0. The zero-order valence-electron chi connectivity index (χ0n) is 22.3. The number of amides is 1. The molecule has 12 nitrogen and oxygen atoms in total. The fraction of sp³-hybridized carbons (Fsp3) is 0.500. The van der Waals surface area contributed by atoms with Crippen molar-refractivity contribution in [3.63, 3.8) is 0 Å². The van der Waals surface area contributed by atoms with Crippen molar-refractivity contribution in [3.05, 3.63) is 47.7 Å². The van der Waals surface area contributed by atoms with E-state index in [-0.39, 0.29) is 12.1 Å². The van der Waals surface area contributed by atoms with Crippen molar-refractivity contribution < 1.29 is 31.2 Å². The average molecular weight is 592 g/mol. The van der Waals surface area contributed by atoms with Crippen LogP contribution in [0.5, 0.6) is 0 Å². The first-order valence-electron chi connectivity index (χ1n) is 13.2. The lowest BCUT2D eigenvalue weighted by molar-refractivity contribution is -0.137. The molecule has 40 heavy (non-hydrogen) atoms. The van der Waals surface area contributed by atoms with E-state index in [4.69, 9.17) is 0 Å². The van der Waals surface area contributed by atoms with Crippen LogP contribution in [0.25, 0.3) is 0 Å². The van der Waals surface area contributed by atoms with Gasteiger partial charge in [-0.15, -0.1) is 0 Å². The first-order valence-corrected chi connectivity index (χ1v) is 16.3. The lowest BCUT2D eigenvalue weighted by Gasteiger charge is -2.35. The van der Waals surface area contributed by atoms with Crippen LogP contribution in [0.3, 0.4) is 0 Å². The maximum Gasteiger partial charge on any atom is 0.322 e. The molecule has 4 aliphatic rings. The van der Waals surface area contributed by atoms with E-state index in [0.29, 0.717) is 41.2 Å². The van der Waals surface area contributed by atoms with Crippen LogP contribution in [0.1, 0.15) is 48.9 Å². The Hall–Kier alpha value is -3.23. The van der Waals surface area contributed by atoms with E-state index in [9.17, 15) is 26.4 Å². The summed E-state index contributed by atoms with van der Waals surface area (Å²) in [6, 6.07) is 4.63. The molecule has 1 saturated carbocycles. The van der Waals surface area contributed by atoms with Crippen LogP contribution in [0.2, 0.25) is 0 Å². The summed E-state index contributed by atoms with van der Waals surface area (Å²) in [5.41, 5.74) is 2.37. The lowest BCUT2D eigenvalue weighted by atomic mass is 9.93. The van der Waals surface area contributed by atoms with Crippen molar-refractivity contribution in [1.29, 1.82) is 0 Å². The zero-order chi connectivity index (χ0) is 28.5. The summed E-state index contributed by atoms with van der Waals surface area (Å²) < 4.78 is 61.9. The fourth-order valence-corrected chi connectivity index (χ4v) is 7.29.